The van der Waals surface area contributed by atoms with Crippen LogP contribution in [0.15, 0.2) is 11.0 Å². The maximum Gasteiger partial charge on any atom is 0.292 e. The van der Waals surface area contributed by atoms with Gasteiger partial charge in [0, 0.05) is 19.0 Å². The Balaban J connectivity index is 1.91. The summed E-state index contributed by atoms with van der Waals surface area (Å²) in [5.41, 5.74) is -0.124. The summed E-state index contributed by atoms with van der Waals surface area (Å²) in [6, 6.07) is 0. The molecule has 1 amide bonds. The zero-order chi connectivity index (χ0) is 14.5. The van der Waals surface area contributed by atoms with Crippen molar-refractivity contribution in [2.75, 3.05) is 18.4 Å². The van der Waals surface area contributed by atoms with Crippen molar-refractivity contribution in [2.45, 2.75) is 19.4 Å². The van der Waals surface area contributed by atoms with Crippen LogP contribution >= 0.6 is 11.6 Å². The summed E-state index contributed by atoms with van der Waals surface area (Å²) in [4.78, 5) is 23.4. The van der Waals surface area contributed by atoms with Crippen LogP contribution in [-0.2, 0) is 11.3 Å². The molecule has 7 heteroatoms. The first-order valence-corrected chi connectivity index (χ1v) is 6.72. The molecule has 0 atom stereocenters. The lowest BCUT2D eigenvalue weighted by Gasteiger charge is -2.10. The minimum atomic E-state index is -0.371. The summed E-state index contributed by atoms with van der Waals surface area (Å²) >= 11 is 5.93. The number of terminal acetylenes is 1. The third kappa shape index (κ3) is 3.52. The van der Waals surface area contributed by atoms with Crippen LogP contribution < -0.4 is 16.2 Å². The third-order valence-corrected chi connectivity index (χ3v) is 3.20. The normalized spacial score (nSPS) is 13.6. The molecule has 106 valence electrons. The number of halogens is 1. The van der Waals surface area contributed by atoms with Crippen LogP contribution in [-0.4, -0.2) is 28.8 Å². The highest BCUT2D eigenvalue weighted by molar-refractivity contribution is 6.32. The predicted octanol–water partition coefficient (Wildman–Crippen LogP) is 0.468. The quantitative estimate of drug-likeness (QED) is 0.591. The van der Waals surface area contributed by atoms with E-state index in [4.69, 9.17) is 18.0 Å². The van der Waals surface area contributed by atoms with Crippen molar-refractivity contribution in [1.29, 1.82) is 0 Å². The number of amides is 1. The molecule has 0 aromatic carbocycles. The molecule has 1 aromatic rings. The topological polar surface area (TPSA) is 76.0 Å². The zero-order valence-electron chi connectivity index (χ0n) is 10.9. The molecule has 0 spiro atoms. The number of hydrogen-bond donors (Lipinski definition) is 2. The zero-order valence-corrected chi connectivity index (χ0v) is 11.6. The van der Waals surface area contributed by atoms with Crippen molar-refractivity contribution in [3.8, 4) is 12.3 Å². The van der Waals surface area contributed by atoms with Gasteiger partial charge in [-0.1, -0.05) is 17.5 Å². The van der Waals surface area contributed by atoms with E-state index in [1.54, 1.807) is 0 Å². The van der Waals surface area contributed by atoms with Gasteiger partial charge in [-0.05, 0) is 12.8 Å². The lowest BCUT2D eigenvalue weighted by molar-refractivity contribution is -0.122. The second-order valence-electron chi connectivity index (χ2n) is 4.53. The first-order valence-electron chi connectivity index (χ1n) is 6.34. The van der Waals surface area contributed by atoms with E-state index >= 15 is 0 Å². The molecule has 1 saturated carbocycles. The van der Waals surface area contributed by atoms with E-state index in [0.29, 0.717) is 13.1 Å². The minimum Gasteiger partial charge on any atom is -0.377 e. The fourth-order valence-electron chi connectivity index (χ4n) is 1.69. The van der Waals surface area contributed by atoms with Gasteiger partial charge in [0.2, 0.25) is 5.91 Å². The van der Waals surface area contributed by atoms with Crippen molar-refractivity contribution in [1.82, 2.24) is 15.1 Å². The Morgan fingerprint density at radius 1 is 1.55 bits per heavy atom. The molecule has 0 aliphatic heterocycles. The van der Waals surface area contributed by atoms with Gasteiger partial charge >= 0.3 is 0 Å². The third-order valence-electron chi connectivity index (χ3n) is 2.91. The van der Waals surface area contributed by atoms with E-state index in [1.807, 2.05) is 0 Å². The molecule has 1 aliphatic rings. The van der Waals surface area contributed by atoms with Crippen molar-refractivity contribution >= 4 is 23.2 Å². The lowest BCUT2D eigenvalue weighted by Crippen LogP contribution is -2.32. The second kappa shape index (κ2) is 6.44. The number of aromatic nitrogens is 2. The molecule has 0 bridgehead atoms. The number of hydrogen-bond acceptors (Lipinski definition) is 4. The Bertz CT molecular complexity index is 601. The summed E-state index contributed by atoms with van der Waals surface area (Å²) in [5, 5.41) is 9.77. The maximum absolute atomic E-state index is 12.0. The fraction of sp³-hybridized carbons (Fsp3) is 0.462. The van der Waals surface area contributed by atoms with Crippen LogP contribution in [0.3, 0.4) is 0 Å². The first kappa shape index (κ1) is 14.4. The number of rotatable bonds is 6. The summed E-state index contributed by atoms with van der Waals surface area (Å²) < 4.78 is 1.15. The Hall–Kier alpha value is -2.00. The second-order valence-corrected chi connectivity index (χ2v) is 4.93. The summed E-state index contributed by atoms with van der Waals surface area (Å²) in [6.07, 6.45) is 8.45. The monoisotopic (exact) mass is 294 g/mol. The number of nitrogens with zero attached hydrogens (tertiary/aromatic N) is 2. The standard InChI is InChI=1S/C13H15ClN4O2/c1-2-7-18-13(20)11(10(14)8-17-18)15-5-6-16-12(19)9-3-4-9/h1,8-9,15H,3-7H2,(H,16,19). The molecule has 1 heterocycles. The molecule has 2 rings (SSSR count). The van der Waals surface area contributed by atoms with Gasteiger partial charge in [0.1, 0.15) is 12.2 Å². The molecule has 0 unspecified atom stereocenters. The maximum atomic E-state index is 12.0. The Morgan fingerprint density at radius 3 is 2.95 bits per heavy atom. The van der Waals surface area contributed by atoms with E-state index in [0.717, 1.165) is 17.5 Å². The van der Waals surface area contributed by atoms with Crippen molar-refractivity contribution < 1.29 is 4.79 Å². The van der Waals surface area contributed by atoms with Gasteiger partial charge in [-0.25, -0.2) is 4.68 Å². The minimum absolute atomic E-state index is 0.0670. The van der Waals surface area contributed by atoms with Gasteiger partial charge in [0.15, 0.2) is 0 Å². The van der Waals surface area contributed by atoms with Crippen LogP contribution in [0.25, 0.3) is 0 Å². The van der Waals surface area contributed by atoms with Gasteiger partial charge in [0.25, 0.3) is 5.56 Å². The van der Waals surface area contributed by atoms with Crippen LogP contribution in [0.4, 0.5) is 5.69 Å². The first-order chi connectivity index (χ1) is 9.63. The van der Waals surface area contributed by atoms with Gasteiger partial charge in [-0.2, -0.15) is 5.10 Å². The average Bonchev–Trinajstić information content (AvgIpc) is 3.25. The van der Waals surface area contributed by atoms with E-state index in [2.05, 4.69) is 21.7 Å². The van der Waals surface area contributed by atoms with Gasteiger partial charge in [-0.3, -0.25) is 9.59 Å². The molecule has 20 heavy (non-hydrogen) atoms. The Kier molecular flexibility index (Phi) is 4.64. The van der Waals surface area contributed by atoms with Gasteiger partial charge in [-0.15, -0.1) is 6.42 Å². The van der Waals surface area contributed by atoms with E-state index in [9.17, 15) is 9.59 Å². The number of anilines is 1. The number of carbonyl (C=O) groups is 1. The largest absolute Gasteiger partial charge is 0.377 e. The molecular weight excluding hydrogens is 280 g/mol. The lowest BCUT2D eigenvalue weighted by atomic mass is 10.4. The smallest absolute Gasteiger partial charge is 0.292 e. The molecule has 2 N–H and O–H groups in total. The molecular formula is C13H15ClN4O2. The van der Waals surface area contributed by atoms with Gasteiger partial charge in [0.05, 0.1) is 11.2 Å². The number of nitrogens with one attached hydrogen (secondary N) is 2. The van der Waals surface area contributed by atoms with Crippen LogP contribution in [0.2, 0.25) is 5.02 Å². The molecule has 0 saturated heterocycles. The SMILES string of the molecule is C#CCn1ncc(Cl)c(NCCNC(=O)C2CC2)c1=O. The van der Waals surface area contributed by atoms with E-state index < -0.39 is 0 Å². The molecule has 1 fully saturated rings. The average molecular weight is 295 g/mol. The molecule has 6 nitrogen and oxygen atoms in total. The molecule has 0 radical (unpaired) electrons. The highest BCUT2D eigenvalue weighted by Gasteiger charge is 2.28. The highest BCUT2D eigenvalue weighted by Crippen LogP contribution is 2.28. The summed E-state index contributed by atoms with van der Waals surface area (Å²) in [6.45, 7) is 0.930. The van der Waals surface area contributed by atoms with Crippen LogP contribution in [0.5, 0.6) is 0 Å². The highest BCUT2D eigenvalue weighted by atomic mass is 35.5. The Labute approximate surface area is 121 Å². The van der Waals surface area contributed by atoms with Crippen LogP contribution in [0.1, 0.15) is 12.8 Å². The predicted molar refractivity (Wildman–Crippen MR) is 76.6 cm³/mol. The van der Waals surface area contributed by atoms with Crippen molar-refractivity contribution in [3.05, 3.63) is 21.6 Å². The fourth-order valence-corrected chi connectivity index (χ4v) is 1.88. The van der Waals surface area contributed by atoms with E-state index in [1.165, 1.54) is 6.20 Å². The number of carbonyl (C=O) groups excluding carboxylic acids is 1. The van der Waals surface area contributed by atoms with E-state index in [-0.39, 0.29) is 34.6 Å². The molecule has 1 aliphatic carbocycles. The van der Waals surface area contributed by atoms with Crippen molar-refractivity contribution in [3.63, 3.8) is 0 Å². The van der Waals surface area contributed by atoms with Crippen molar-refractivity contribution in [2.24, 2.45) is 5.92 Å². The van der Waals surface area contributed by atoms with Gasteiger partial charge < -0.3 is 10.6 Å². The molecule has 1 aromatic heterocycles. The summed E-state index contributed by atoms with van der Waals surface area (Å²) in [5.74, 6) is 2.59. The Morgan fingerprint density at radius 2 is 2.30 bits per heavy atom. The summed E-state index contributed by atoms with van der Waals surface area (Å²) in [7, 11) is 0. The van der Waals surface area contributed by atoms with Crippen LogP contribution in [0, 0.1) is 18.3 Å².